The van der Waals surface area contributed by atoms with Crippen LogP contribution in [0.1, 0.15) is 37.2 Å². The molecule has 0 bridgehead atoms. The second-order valence-electron chi connectivity index (χ2n) is 5.04. The normalized spacial score (nSPS) is 20.9. The number of aromatic nitrogens is 1. The Balaban J connectivity index is 2.19. The van der Waals surface area contributed by atoms with E-state index in [0.29, 0.717) is 5.69 Å². The highest BCUT2D eigenvalue weighted by molar-refractivity contribution is 14.1. The van der Waals surface area contributed by atoms with Crippen LogP contribution in [-0.4, -0.2) is 39.1 Å². The zero-order chi connectivity index (χ0) is 12.6. The van der Waals surface area contributed by atoms with Crippen LogP contribution in [0.25, 0.3) is 0 Å². The summed E-state index contributed by atoms with van der Waals surface area (Å²) in [5, 5.41) is 10.1. The van der Waals surface area contributed by atoms with Gasteiger partial charge in [-0.2, -0.15) is 0 Å². The van der Waals surface area contributed by atoms with Crippen molar-refractivity contribution in [3.05, 3.63) is 21.5 Å². The van der Waals surface area contributed by atoms with E-state index in [0.717, 1.165) is 23.0 Å². The number of nitrogens with zero attached hydrogens (tertiary/aromatic N) is 1. The fourth-order valence-corrected chi connectivity index (χ4v) is 2.86. The van der Waals surface area contributed by atoms with Gasteiger partial charge in [0, 0.05) is 16.3 Å². The van der Waals surface area contributed by atoms with Crippen LogP contribution in [0.2, 0.25) is 0 Å². The van der Waals surface area contributed by atoms with Gasteiger partial charge in [0.2, 0.25) is 0 Å². The topological polar surface area (TPSA) is 56.3 Å². The largest absolute Gasteiger partial charge is 0.388 e. The number of carbonyl (C=O) groups excluding carboxylic acids is 1. The predicted molar refractivity (Wildman–Crippen MR) is 73.9 cm³/mol. The van der Waals surface area contributed by atoms with E-state index < -0.39 is 5.60 Å². The SMILES string of the molecule is CC(C)(O)C1CCCN1C(=O)c1cc(I)c[nH]1. The highest BCUT2D eigenvalue weighted by Gasteiger charge is 2.38. The van der Waals surface area contributed by atoms with Crippen molar-refractivity contribution in [2.45, 2.75) is 38.3 Å². The molecule has 2 N–H and O–H groups in total. The lowest BCUT2D eigenvalue weighted by molar-refractivity contribution is 0.000144. The maximum absolute atomic E-state index is 12.3. The Morgan fingerprint density at radius 2 is 2.35 bits per heavy atom. The van der Waals surface area contributed by atoms with Gasteiger partial charge in [0.15, 0.2) is 0 Å². The number of aromatic amines is 1. The highest BCUT2D eigenvalue weighted by Crippen LogP contribution is 2.28. The van der Waals surface area contributed by atoms with Crippen molar-refractivity contribution in [3.8, 4) is 0 Å². The van der Waals surface area contributed by atoms with Crippen molar-refractivity contribution in [2.24, 2.45) is 0 Å². The number of amides is 1. The second kappa shape index (κ2) is 4.61. The van der Waals surface area contributed by atoms with Crippen molar-refractivity contribution < 1.29 is 9.90 Å². The molecular formula is C12H17IN2O2. The van der Waals surface area contributed by atoms with E-state index in [4.69, 9.17) is 0 Å². The van der Waals surface area contributed by atoms with Crippen LogP contribution in [0, 0.1) is 3.57 Å². The number of nitrogens with one attached hydrogen (secondary N) is 1. The average Bonchev–Trinajstić information content (AvgIpc) is 2.83. The van der Waals surface area contributed by atoms with Crippen LogP contribution in [-0.2, 0) is 0 Å². The lowest BCUT2D eigenvalue weighted by atomic mass is 9.96. The summed E-state index contributed by atoms with van der Waals surface area (Å²) in [6.45, 7) is 4.26. The third kappa shape index (κ3) is 2.65. The van der Waals surface area contributed by atoms with E-state index in [1.165, 1.54) is 0 Å². The molecule has 1 aromatic rings. The molecule has 94 valence electrons. The van der Waals surface area contributed by atoms with E-state index in [9.17, 15) is 9.90 Å². The summed E-state index contributed by atoms with van der Waals surface area (Å²) >= 11 is 2.17. The van der Waals surface area contributed by atoms with Gasteiger partial charge in [0.1, 0.15) is 5.69 Å². The number of rotatable bonds is 2. The Bertz CT molecular complexity index is 422. The summed E-state index contributed by atoms with van der Waals surface area (Å²) in [7, 11) is 0. The molecule has 1 unspecified atom stereocenters. The minimum absolute atomic E-state index is 0.0162. The lowest BCUT2D eigenvalue weighted by Gasteiger charge is -2.33. The maximum Gasteiger partial charge on any atom is 0.270 e. The Labute approximate surface area is 115 Å². The minimum atomic E-state index is -0.841. The third-order valence-electron chi connectivity index (χ3n) is 3.21. The van der Waals surface area contributed by atoms with Gasteiger partial charge < -0.3 is 15.0 Å². The van der Waals surface area contributed by atoms with Crippen molar-refractivity contribution in [1.29, 1.82) is 0 Å². The molecule has 5 heteroatoms. The lowest BCUT2D eigenvalue weighted by Crippen LogP contribution is -2.48. The quantitative estimate of drug-likeness (QED) is 0.804. The maximum atomic E-state index is 12.3. The molecule has 1 atom stereocenters. The second-order valence-corrected chi connectivity index (χ2v) is 6.29. The van der Waals surface area contributed by atoms with Crippen LogP contribution in [0.15, 0.2) is 12.3 Å². The van der Waals surface area contributed by atoms with E-state index in [1.807, 2.05) is 12.3 Å². The van der Waals surface area contributed by atoms with Gasteiger partial charge in [0.25, 0.3) is 5.91 Å². The summed E-state index contributed by atoms with van der Waals surface area (Å²) in [6, 6.07) is 1.75. The van der Waals surface area contributed by atoms with Crippen molar-refractivity contribution >= 4 is 28.5 Å². The van der Waals surface area contributed by atoms with Gasteiger partial charge in [-0.25, -0.2) is 0 Å². The Kier molecular flexibility index (Phi) is 3.49. The molecule has 2 heterocycles. The number of hydrogen-bond donors (Lipinski definition) is 2. The zero-order valence-electron chi connectivity index (χ0n) is 10.0. The molecule has 1 aliphatic heterocycles. The van der Waals surface area contributed by atoms with Crippen LogP contribution in [0.3, 0.4) is 0 Å². The van der Waals surface area contributed by atoms with Crippen molar-refractivity contribution in [2.75, 3.05) is 6.54 Å². The predicted octanol–water partition coefficient (Wildman–Crippen LogP) is 1.99. The molecule has 17 heavy (non-hydrogen) atoms. The first kappa shape index (κ1) is 12.9. The number of aliphatic hydroxyl groups is 1. The molecular weight excluding hydrogens is 331 g/mol. The van der Waals surface area contributed by atoms with Gasteiger partial charge in [-0.1, -0.05) is 0 Å². The van der Waals surface area contributed by atoms with Gasteiger partial charge in [0.05, 0.1) is 11.6 Å². The van der Waals surface area contributed by atoms with E-state index in [1.54, 1.807) is 18.7 Å². The molecule has 1 fully saturated rings. The van der Waals surface area contributed by atoms with Gasteiger partial charge in [-0.05, 0) is 55.3 Å². The number of carbonyl (C=O) groups is 1. The number of hydrogen-bond acceptors (Lipinski definition) is 2. The summed E-state index contributed by atoms with van der Waals surface area (Å²) in [5.74, 6) is -0.0162. The monoisotopic (exact) mass is 348 g/mol. The van der Waals surface area contributed by atoms with Gasteiger partial charge in [-0.15, -0.1) is 0 Å². The summed E-state index contributed by atoms with van der Waals surface area (Å²) in [6.07, 6.45) is 3.63. The van der Waals surface area contributed by atoms with Gasteiger partial charge >= 0.3 is 0 Å². The number of H-pyrrole nitrogens is 1. The molecule has 4 nitrogen and oxygen atoms in total. The molecule has 0 radical (unpaired) electrons. The van der Waals surface area contributed by atoms with Gasteiger partial charge in [-0.3, -0.25) is 4.79 Å². The van der Waals surface area contributed by atoms with Crippen LogP contribution >= 0.6 is 22.6 Å². The van der Waals surface area contributed by atoms with E-state index >= 15 is 0 Å². The van der Waals surface area contributed by atoms with Crippen molar-refractivity contribution in [3.63, 3.8) is 0 Å². The van der Waals surface area contributed by atoms with Crippen LogP contribution < -0.4 is 0 Å². The zero-order valence-corrected chi connectivity index (χ0v) is 12.2. The number of halogens is 1. The smallest absolute Gasteiger partial charge is 0.270 e. The fourth-order valence-electron chi connectivity index (χ4n) is 2.39. The third-order valence-corrected chi connectivity index (χ3v) is 3.83. The summed E-state index contributed by atoms with van der Waals surface area (Å²) in [4.78, 5) is 17.1. The minimum Gasteiger partial charge on any atom is -0.388 e. The van der Waals surface area contributed by atoms with Crippen LogP contribution in [0.4, 0.5) is 0 Å². The number of likely N-dealkylation sites (tertiary alicyclic amines) is 1. The average molecular weight is 348 g/mol. The first-order chi connectivity index (χ1) is 7.89. The molecule has 2 rings (SSSR count). The Morgan fingerprint density at radius 1 is 1.65 bits per heavy atom. The molecule has 1 aliphatic rings. The molecule has 0 aromatic carbocycles. The standard InChI is InChI=1S/C12H17IN2O2/c1-12(2,17)10-4-3-5-15(10)11(16)9-6-8(13)7-14-9/h6-7,10,14,17H,3-5H2,1-2H3. The Hall–Kier alpha value is -0.560. The van der Waals surface area contributed by atoms with E-state index in [2.05, 4.69) is 27.6 Å². The summed E-state index contributed by atoms with van der Waals surface area (Å²) < 4.78 is 1.02. The molecule has 1 amide bonds. The first-order valence-electron chi connectivity index (χ1n) is 5.77. The van der Waals surface area contributed by atoms with Crippen LogP contribution in [0.5, 0.6) is 0 Å². The summed E-state index contributed by atoms with van der Waals surface area (Å²) in [5.41, 5.74) is -0.239. The van der Waals surface area contributed by atoms with Crippen molar-refractivity contribution in [1.82, 2.24) is 9.88 Å². The Morgan fingerprint density at radius 3 is 2.88 bits per heavy atom. The van der Waals surface area contributed by atoms with E-state index in [-0.39, 0.29) is 11.9 Å². The molecule has 0 aliphatic carbocycles. The molecule has 0 spiro atoms. The molecule has 1 aromatic heterocycles. The highest BCUT2D eigenvalue weighted by atomic mass is 127. The molecule has 1 saturated heterocycles. The fraction of sp³-hybridized carbons (Fsp3) is 0.583. The molecule has 0 saturated carbocycles. The first-order valence-corrected chi connectivity index (χ1v) is 6.85.